The fraction of sp³-hybridized carbons (Fsp3) is 0.286. The molecular formula is C14H16N2O. The molecule has 3 nitrogen and oxygen atoms in total. The SMILES string of the molecule is CC(=Nc1ccccc1)C1=C(C)CCNC1=O. The van der Waals surface area contributed by atoms with Gasteiger partial charge in [0.15, 0.2) is 0 Å². The average molecular weight is 228 g/mol. The van der Waals surface area contributed by atoms with Gasteiger partial charge in [-0.15, -0.1) is 0 Å². The number of amides is 1. The van der Waals surface area contributed by atoms with Gasteiger partial charge in [-0.25, -0.2) is 0 Å². The lowest BCUT2D eigenvalue weighted by Crippen LogP contribution is -2.33. The molecule has 1 N–H and O–H groups in total. The van der Waals surface area contributed by atoms with Crippen LogP contribution < -0.4 is 5.32 Å². The lowest BCUT2D eigenvalue weighted by molar-refractivity contribution is -0.117. The number of carbonyl (C=O) groups is 1. The summed E-state index contributed by atoms with van der Waals surface area (Å²) >= 11 is 0. The van der Waals surface area contributed by atoms with Gasteiger partial charge in [-0.2, -0.15) is 0 Å². The topological polar surface area (TPSA) is 41.5 Å². The summed E-state index contributed by atoms with van der Waals surface area (Å²) in [4.78, 5) is 16.3. The third kappa shape index (κ3) is 2.61. The first-order valence-electron chi connectivity index (χ1n) is 5.77. The van der Waals surface area contributed by atoms with Crippen LogP contribution in [0.15, 0.2) is 46.5 Å². The molecule has 1 aromatic carbocycles. The van der Waals surface area contributed by atoms with Gasteiger partial charge in [0.1, 0.15) is 0 Å². The van der Waals surface area contributed by atoms with Crippen LogP contribution in [0.4, 0.5) is 5.69 Å². The Morgan fingerprint density at radius 3 is 2.65 bits per heavy atom. The Bertz CT molecular complexity index is 486. The van der Waals surface area contributed by atoms with Crippen molar-refractivity contribution in [2.75, 3.05) is 6.54 Å². The van der Waals surface area contributed by atoms with Crippen molar-refractivity contribution in [3.63, 3.8) is 0 Å². The fourth-order valence-corrected chi connectivity index (χ4v) is 2.00. The molecule has 0 atom stereocenters. The highest BCUT2D eigenvalue weighted by atomic mass is 16.1. The highest BCUT2D eigenvalue weighted by Crippen LogP contribution is 2.18. The molecule has 0 spiro atoms. The molecule has 0 bridgehead atoms. The minimum Gasteiger partial charge on any atom is -0.352 e. The predicted octanol–water partition coefficient (Wildman–Crippen LogP) is 2.62. The van der Waals surface area contributed by atoms with Crippen LogP contribution in [0.2, 0.25) is 0 Å². The van der Waals surface area contributed by atoms with Crippen molar-refractivity contribution < 1.29 is 4.79 Å². The molecular weight excluding hydrogens is 212 g/mol. The number of nitrogens with one attached hydrogen (secondary N) is 1. The number of nitrogens with zero attached hydrogens (tertiary/aromatic N) is 1. The van der Waals surface area contributed by atoms with Crippen molar-refractivity contribution in [2.24, 2.45) is 4.99 Å². The lowest BCUT2D eigenvalue weighted by Gasteiger charge is -2.17. The van der Waals surface area contributed by atoms with Crippen LogP contribution in [0.25, 0.3) is 0 Å². The largest absolute Gasteiger partial charge is 0.352 e. The van der Waals surface area contributed by atoms with E-state index in [1.165, 1.54) is 0 Å². The zero-order valence-electron chi connectivity index (χ0n) is 10.2. The van der Waals surface area contributed by atoms with E-state index in [-0.39, 0.29) is 5.91 Å². The summed E-state index contributed by atoms with van der Waals surface area (Å²) in [6.07, 6.45) is 0.905. The van der Waals surface area contributed by atoms with Gasteiger partial charge in [-0.05, 0) is 32.4 Å². The molecule has 1 aliphatic heterocycles. The summed E-state index contributed by atoms with van der Waals surface area (Å²) in [5, 5.41) is 2.85. The van der Waals surface area contributed by atoms with Gasteiger partial charge in [0, 0.05) is 6.54 Å². The second kappa shape index (κ2) is 4.95. The summed E-state index contributed by atoms with van der Waals surface area (Å²) in [7, 11) is 0. The van der Waals surface area contributed by atoms with E-state index in [2.05, 4.69) is 10.3 Å². The molecule has 0 saturated heterocycles. The van der Waals surface area contributed by atoms with E-state index in [9.17, 15) is 4.79 Å². The zero-order valence-corrected chi connectivity index (χ0v) is 10.2. The first-order chi connectivity index (χ1) is 8.18. The van der Waals surface area contributed by atoms with Gasteiger partial charge in [0.05, 0.1) is 17.0 Å². The van der Waals surface area contributed by atoms with Crippen molar-refractivity contribution in [3.8, 4) is 0 Å². The maximum Gasteiger partial charge on any atom is 0.253 e. The first kappa shape index (κ1) is 11.6. The first-order valence-corrected chi connectivity index (χ1v) is 5.77. The lowest BCUT2D eigenvalue weighted by atomic mass is 9.99. The monoisotopic (exact) mass is 228 g/mol. The summed E-state index contributed by atoms with van der Waals surface area (Å²) in [5.74, 6) is -0.00840. The van der Waals surface area contributed by atoms with Crippen LogP contribution >= 0.6 is 0 Å². The summed E-state index contributed by atoms with van der Waals surface area (Å²) in [6, 6.07) is 9.69. The van der Waals surface area contributed by atoms with Gasteiger partial charge in [0.2, 0.25) is 0 Å². The smallest absolute Gasteiger partial charge is 0.253 e. The quantitative estimate of drug-likeness (QED) is 0.777. The Morgan fingerprint density at radius 2 is 2.00 bits per heavy atom. The third-order valence-corrected chi connectivity index (χ3v) is 2.85. The molecule has 0 aromatic heterocycles. The molecule has 0 aliphatic carbocycles. The number of aliphatic imine (C=N–C) groups is 1. The number of hydrogen-bond donors (Lipinski definition) is 1. The molecule has 2 rings (SSSR count). The Morgan fingerprint density at radius 1 is 1.29 bits per heavy atom. The Labute approximate surface area is 101 Å². The Balaban J connectivity index is 2.34. The van der Waals surface area contributed by atoms with E-state index < -0.39 is 0 Å². The van der Waals surface area contributed by atoms with Crippen LogP contribution in [0.5, 0.6) is 0 Å². The van der Waals surface area contributed by atoms with Crippen LogP contribution in [0, 0.1) is 0 Å². The van der Waals surface area contributed by atoms with E-state index >= 15 is 0 Å². The second-order valence-corrected chi connectivity index (χ2v) is 4.19. The second-order valence-electron chi connectivity index (χ2n) is 4.19. The standard InChI is InChI=1S/C14H16N2O/c1-10-8-9-15-14(17)13(10)11(2)16-12-6-4-3-5-7-12/h3-7H,8-9H2,1-2H3,(H,15,17). The highest BCUT2D eigenvalue weighted by molar-refractivity contribution is 6.22. The maximum atomic E-state index is 11.8. The summed E-state index contributed by atoms with van der Waals surface area (Å²) in [5.41, 5.74) is 3.51. The van der Waals surface area contributed by atoms with Crippen molar-refractivity contribution in [1.29, 1.82) is 0 Å². The molecule has 88 valence electrons. The van der Waals surface area contributed by atoms with E-state index in [1.54, 1.807) is 0 Å². The summed E-state index contributed by atoms with van der Waals surface area (Å²) in [6.45, 7) is 4.61. The van der Waals surface area contributed by atoms with Gasteiger partial charge in [0.25, 0.3) is 5.91 Å². The molecule has 3 heteroatoms. The Hall–Kier alpha value is -1.90. The molecule has 1 amide bonds. The van der Waals surface area contributed by atoms with Crippen LogP contribution in [0.3, 0.4) is 0 Å². The number of benzene rings is 1. The minimum absolute atomic E-state index is 0.00840. The highest BCUT2D eigenvalue weighted by Gasteiger charge is 2.19. The van der Waals surface area contributed by atoms with Crippen molar-refractivity contribution >= 4 is 17.3 Å². The molecule has 0 radical (unpaired) electrons. The number of rotatable bonds is 2. The van der Waals surface area contributed by atoms with Gasteiger partial charge in [-0.1, -0.05) is 23.8 Å². The van der Waals surface area contributed by atoms with Crippen molar-refractivity contribution in [2.45, 2.75) is 20.3 Å². The minimum atomic E-state index is -0.00840. The van der Waals surface area contributed by atoms with Crippen molar-refractivity contribution in [1.82, 2.24) is 5.32 Å². The average Bonchev–Trinajstić information content (AvgIpc) is 2.30. The van der Waals surface area contributed by atoms with Crippen molar-refractivity contribution in [3.05, 3.63) is 41.5 Å². The summed E-state index contributed by atoms with van der Waals surface area (Å²) < 4.78 is 0. The number of carbonyl (C=O) groups excluding carboxylic acids is 1. The van der Waals surface area contributed by atoms with Crippen LogP contribution in [-0.2, 0) is 4.79 Å². The third-order valence-electron chi connectivity index (χ3n) is 2.85. The molecule has 0 fully saturated rings. The number of para-hydroxylation sites is 1. The molecule has 1 heterocycles. The predicted molar refractivity (Wildman–Crippen MR) is 69.5 cm³/mol. The van der Waals surface area contributed by atoms with E-state index in [0.29, 0.717) is 0 Å². The van der Waals surface area contributed by atoms with E-state index in [1.807, 2.05) is 44.2 Å². The van der Waals surface area contributed by atoms with E-state index in [4.69, 9.17) is 0 Å². The molecule has 0 unspecified atom stereocenters. The Kier molecular flexibility index (Phi) is 3.38. The molecule has 1 aliphatic rings. The van der Waals surface area contributed by atoms with Gasteiger partial charge >= 0.3 is 0 Å². The van der Waals surface area contributed by atoms with Crippen LogP contribution in [-0.4, -0.2) is 18.2 Å². The number of hydrogen-bond acceptors (Lipinski definition) is 2. The maximum absolute atomic E-state index is 11.8. The molecule has 1 aromatic rings. The molecule has 17 heavy (non-hydrogen) atoms. The normalized spacial score (nSPS) is 17.1. The zero-order chi connectivity index (χ0) is 12.3. The molecule has 0 saturated carbocycles. The fourth-order valence-electron chi connectivity index (χ4n) is 2.00. The van der Waals surface area contributed by atoms with Crippen LogP contribution in [0.1, 0.15) is 20.3 Å². The van der Waals surface area contributed by atoms with Gasteiger partial charge < -0.3 is 5.32 Å². The van der Waals surface area contributed by atoms with E-state index in [0.717, 1.165) is 35.5 Å². The van der Waals surface area contributed by atoms with Gasteiger partial charge in [-0.3, -0.25) is 9.79 Å².